The maximum atomic E-state index is 4.49. The van der Waals surface area contributed by atoms with E-state index in [2.05, 4.69) is 71.5 Å². The van der Waals surface area contributed by atoms with E-state index in [9.17, 15) is 0 Å². The number of aliphatic imine (C=N–C) groups is 1. The van der Waals surface area contributed by atoms with Gasteiger partial charge in [0.15, 0.2) is 5.96 Å². The normalized spacial score (nSPS) is 18.2. The summed E-state index contributed by atoms with van der Waals surface area (Å²) >= 11 is 0. The molecule has 0 radical (unpaired) electrons. The Balaban J connectivity index is 1.50. The zero-order valence-corrected chi connectivity index (χ0v) is 17.4. The van der Waals surface area contributed by atoms with Crippen LogP contribution in [-0.2, 0) is 18.9 Å². The molecule has 1 atom stereocenters. The lowest BCUT2D eigenvalue weighted by Crippen LogP contribution is -2.40. The fourth-order valence-electron chi connectivity index (χ4n) is 3.70. The van der Waals surface area contributed by atoms with Crippen LogP contribution >= 0.6 is 0 Å². The summed E-state index contributed by atoms with van der Waals surface area (Å²) in [6, 6.07) is 9.00. The van der Waals surface area contributed by atoms with Gasteiger partial charge >= 0.3 is 0 Å². The van der Waals surface area contributed by atoms with Gasteiger partial charge in [-0.2, -0.15) is 5.10 Å². The Labute approximate surface area is 163 Å². The standard InChI is InChI=1S/C22H33N5/c1-22(2,3)20-8-6-17(7-9-20)10-12-24-21(23-4)27-13-11-18(16-27)19-14-25-26(5)15-19/h6-9,14-15,18H,10-13,16H2,1-5H3,(H,23,24). The van der Waals surface area contributed by atoms with Crippen LogP contribution < -0.4 is 5.32 Å². The monoisotopic (exact) mass is 367 g/mol. The number of hydrogen-bond acceptors (Lipinski definition) is 2. The Morgan fingerprint density at radius 3 is 2.59 bits per heavy atom. The number of aryl methyl sites for hydroxylation is 1. The van der Waals surface area contributed by atoms with Gasteiger partial charge in [-0.15, -0.1) is 0 Å². The van der Waals surface area contributed by atoms with Gasteiger partial charge in [-0.1, -0.05) is 45.0 Å². The van der Waals surface area contributed by atoms with Crippen LogP contribution in [0.15, 0.2) is 41.7 Å². The van der Waals surface area contributed by atoms with E-state index >= 15 is 0 Å². The number of nitrogens with one attached hydrogen (secondary N) is 1. The lowest BCUT2D eigenvalue weighted by Gasteiger charge is -2.22. The zero-order chi connectivity index (χ0) is 19.4. The third-order valence-electron chi connectivity index (χ3n) is 5.41. The molecule has 1 aromatic heterocycles. The van der Waals surface area contributed by atoms with Gasteiger partial charge in [-0.05, 0) is 34.9 Å². The van der Waals surface area contributed by atoms with E-state index in [1.165, 1.54) is 16.7 Å². The van der Waals surface area contributed by atoms with Crippen LogP contribution in [0, 0.1) is 0 Å². The second-order valence-electron chi connectivity index (χ2n) is 8.55. The molecule has 0 bridgehead atoms. The van der Waals surface area contributed by atoms with E-state index in [0.717, 1.165) is 38.4 Å². The zero-order valence-electron chi connectivity index (χ0n) is 17.4. The maximum absolute atomic E-state index is 4.49. The van der Waals surface area contributed by atoms with Gasteiger partial charge < -0.3 is 10.2 Å². The van der Waals surface area contributed by atoms with Crippen LogP contribution in [0.3, 0.4) is 0 Å². The first-order valence-corrected chi connectivity index (χ1v) is 9.90. The van der Waals surface area contributed by atoms with Crippen molar-refractivity contribution in [3.63, 3.8) is 0 Å². The van der Waals surface area contributed by atoms with Crippen molar-refractivity contribution in [1.29, 1.82) is 0 Å². The molecule has 0 spiro atoms. The third-order valence-corrected chi connectivity index (χ3v) is 5.41. The SMILES string of the molecule is CN=C(NCCc1ccc(C(C)(C)C)cc1)N1CCC(c2cnn(C)c2)C1. The van der Waals surface area contributed by atoms with Crippen molar-refractivity contribution in [2.45, 2.75) is 44.9 Å². The summed E-state index contributed by atoms with van der Waals surface area (Å²) in [5, 5.41) is 7.84. The highest BCUT2D eigenvalue weighted by Crippen LogP contribution is 2.26. The Bertz CT molecular complexity index is 767. The van der Waals surface area contributed by atoms with E-state index in [-0.39, 0.29) is 5.41 Å². The van der Waals surface area contributed by atoms with E-state index in [4.69, 9.17) is 0 Å². The molecule has 0 amide bonds. The lowest BCUT2D eigenvalue weighted by atomic mass is 9.86. The molecule has 0 aliphatic carbocycles. The second kappa shape index (κ2) is 8.15. The molecular weight excluding hydrogens is 334 g/mol. The highest BCUT2D eigenvalue weighted by molar-refractivity contribution is 5.80. The molecule has 1 unspecified atom stereocenters. The Kier molecular flexibility index (Phi) is 5.88. The second-order valence-corrected chi connectivity index (χ2v) is 8.55. The highest BCUT2D eigenvalue weighted by Gasteiger charge is 2.26. The average molecular weight is 368 g/mol. The Morgan fingerprint density at radius 1 is 1.26 bits per heavy atom. The molecule has 1 aromatic carbocycles. The molecule has 5 nitrogen and oxygen atoms in total. The Morgan fingerprint density at radius 2 is 2.00 bits per heavy atom. The third kappa shape index (κ3) is 4.90. The summed E-state index contributed by atoms with van der Waals surface area (Å²) in [6.45, 7) is 9.70. The summed E-state index contributed by atoms with van der Waals surface area (Å²) in [6.07, 6.45) is 6.28. The van der Waals surface area contributed by atoms with Crippen molar-refractivity contribution in [1.82, 2.24) is 20.0 Å². The number of nitrogens with zero attached hydrogens (tertiary/aromatic N) is 4. The van der Waals surface area contributed by atoms with E-state index < -0.39 is 0 Å². The summed E-state index contributed by atoms with van der Waals surface area (Å²) < 4.78 is 1.88. The van der Waals surface area contributed by atoms with Crippen LogP contribution in [0.1, 0.15) is 49.8 Å². The molecule has 1 saturated heterocycles. The van der Waals surface area contributed by atoms with E-state index in [1.807, 2.05) is 25.0 Å². The number of hydrogen-bond donors (Lipinski definition) is 1. The molecule has 2 aromatic rings. The van der Waals surface area contributed by atoms with Gasteiger partial charge in [0.1, 0.15) is 0 Å². The predicted octanol–water partition coefficient (Wildman–Crippen LogP) is 3.33. The largest absolute Gasteiger partial charge is 0.356 e. The smallest absolute Gasteiger partial charge is 0.193 e. The van der Waals surface area contributed by atoms with E-state index in [0.29, 0.717) is 5.92 Å². The first kappa shape index (κ1) is 19.5. The van der Waals surface area contributed by atoms with Crippen LogP contribution in [0.2, 0.25) is 0 Å². The summed E-state index contributed by atoms with van der Waals surface area (Å²) in [5.41, 5.74) is 4.28. The van der Waals surface area contributed by atoms with Crippen molar-refractivity contribution in [3.05, 3.63) is 53.3 Å². The van der Waals surface area contributed by atoms with Crippen LogP contribution in [-0.4, -0.2) is 47.3 Å². The van der Waals surface area contributed by atoms with Crippen LogP contribution in [0.4, 0.5) is 0 Å². The molecule has 27 heavy (non-hydrogen) atoms. The van der Waals surface area contributed by atoms with Gasteiger partial charge in [0.25, 0.3) is 0 Å². The molecule has 2 heterocycles. The lowest BCUT2D eigenvalue weighted by molar-refractivity contribution is 0.486. The molecule has 1 aliphatic rings. The van der Waals surface area contributed by atoms with Gasteiger partial charge in [-0.25, -0.2) is 0 Å². The first-order valence-electron chi connectivity index (χ1n) is 9.90. The number of rotatable bonds is 4. The predicted molar refractivity (Wildman–Crippen MR) is 112 cm³/mol. The fraction of sp³-hybridized carbons (Fsp3) is 0.545. The average Bonchev–Trinajstić information content (AvgIpc) is 3.27. The molecule has 146 valence electrons. The maximum Gasteiger partial charge on any atom is 0.193 e. The van der Waals surface area contributed by atoms with Crippen LogP contribution in [0.5, 0.6) is 0 Å². The van der Waals surface area contributed by atoms with Gasteiger partial charge in [0.2, 0.25) is 0 Å². The first-order chi connectivity index (χ1) is 12.9. The molecule has 3 rings (SSSR count). The van der Waals surface area contributed by atoms with Crippen molar-refractivity contribution >= 4 is 5.96 Å². The van der Waals surface area contributed by atoms with Crippen molar-refractivity contribution in [2.75, 3.05) is 26.7 Å². The van der Waals surface area contributed by atoms with Gasteiger partial charge in [-0.3, -0.25) is 9.67 Å². The van der Waals surface area contributed by atoms with Crippen LogP contribution in [0.25, 0.3) is 0 Å². The quantitative estimate of drug-likeness (QED) is 0.666. The molecule has 1 fully saturated rings. The number of guanidine groups is 1. The van der Waals surface area contributed by atoms with E-state index in [1.54, 1.807) is 0 Å². The minimum atomic E-state index is 0.208. The minimum absolute atomic E-state index is 0.208. The Hall–Kier alpha value is -2.30. The minimum Gasteiger partial charge on any atom is -0.356 e. The van der Waals surface area contributed by atoms with Crippen molar-refractivity contribution < 1.29 is 0 Å². The molecule has 0 saturated carbocycles. The molecule has 5 heteroatoms. The number of benzene rings is 1. The summed E-state index contributed by atoms with van der Waals surface area (Å²) in [7, 11) is 3.85. The van der Waals surface area contributed by atoms with Crippen molar-refractivity contribution in [2.24, 2.45) is 12.0 Å². The highest BCUT2D eigenvalue weighted by atomic mass is 15.3. The summed E-state index contributed by atoms with van der Waals surface area (Å²) in [4.78, 5) is 6.85. The number of aromatic nitrogens is 2. The van der Waals surface area contributed by atoms with Gasteiger partial charge in [0.05, 0.1) is 6.20 Å². The fourth-order valence-corrected chi connectivity index (χ4v) is 3.70. The van der Waals surface area contributed by atoms with Crippen molar-refractivity contribution in [3.8, 4) is 0 Å². The number of likely N-dealkylation sites (tertiary alicyclic amines) is 1. The molecule has 1 aliphatic heterocycles. The molecule has 1 N–H and O–H groups in total. The summed E-state index contributed by atoms with van der Waals surface area (Å²) in [5.74, 6) is 1.55. The van der Waals surface area contributed by atoms with Gasteiger partial charge in [0, 0.05) is 45.8 Å². The molecular formula is C22H33N5. The topological polar surface area (TPSA) is 45.5 Å².